The summed E-state index contributed by atoms with van der Waals surface area (Å²) in [6.07, 6.45) is 0. The van der Waals surface area contributed by atoms with E-state index in [9.17, 15) is 0 Å². The molecule has 0 amide bonds. The molecule has 7 nitrogen and oxygen atoms in total. The zero-order valence-electron chi connectivity index (χ0n) is 7.54. The largest absolute Gasteiger partial charge is 6.00 e. The van der Waals surface area contributed by atoms with Crippen molar-refractivity contribution in [2.45, 2.75) is 0 Å². The smallest absolute Gasteiger partial charge is 0.512 e. The van der Waals surface area contributed by atoms with Crippen molar-refractivity contribution in [3.8, 4) is 0 Å². The molecule has 71 valence electrons. The summed E-state index contributed by atoms with van der Waals surface area (Å²) >= 11 is 0. The van der Waals surface area contributed by atoms with Gasteiger partial charge in [0.15, 0.2) is 0 Å². The Hall–Kier alpha value is -0.944. The second-order valence-electron chi connectivity index (χ2n) is 0. The van der Waals surface area contributed by atoms with E-state index in [0.29, 0.717) is 0 Å². The van der Waals surface area contributed by atoms with Crippen molar-refractivity contribution in [3.05, 3.63) is 39.4 Å². The van der Waals surface area contributed by atoms with E-state index in [0.717, 1.165) is 0 Å². The van der Waals surface area contributed by atoms with Crippen molar-refractivity contribution >= 4 is 51.4 Å². The molecule has 0 unspecified atom stereocenters. The van der Waals surface area contributed by atoms with Gasteiger partial charge in [-0.25, -0.2) is 0 Å². The second-order valence-corrected chi connectivity index (χ2v) is 0. The molecule has 0 rings (SSSR count). The minimum Gasteiger partial charge on any atom is -0.512 e. The average molecular weight is 269 g/mol. The van der Waals surface area contributed by atoms with Gasteiger partial charge in [0.2, 0.25) is 0 Å². The summed E-state index contributed by atoms with van der Waals surface area (Å²) in [6, 6.07) is 0. The Bertz CT molecular complexity index is 103. The first-order valence-corrected chi connectivity index (χ1v) is 1.34. The second kappa shape index (κ2) is 2130. The van der Waals surface area contributed by atoms with E-state index in [1.165, 1.54) is 0 Å². The fraction of sp³-hybridized carbons (Fsp3) is 0. The van der Waals surface area contributed by atoms with Crippen molar-refractivity contribution < 1.29 is 22.5 Å². The molecule has 0 spiro atoms. The van der Waals surface area contributed by atoms with E-state index in [4.69, 9.17) is 71.0 Å². The van der Waals surface area contributed by atoms with E-state index >= 15 is 0 Å². The van der Waals surface area contributed by atoms with Crippen LogP contribution in [0.2, 0.25) is 0 Å². The summed E-state index contributed by atoms with van der Waals surface area (Å²) in [5, 5.41) is 37.5. The Morgan fingerprint density at radius 2 is 0.400 bits per heavy atom. The normalized spacial score (nSPS) is 0.800. The standard InChI is InChI=1S/6CN.Fe.K.H2O/c6*1-2;;;/h;;;;;;;;1H2/q6*-1;+6;;. The predicted molar refractivity (Wildman–Crippen MR) is 39.2 cm³/mol. The summed E-state index contributed by atoms with van der Waals surface area (Å²) in [7, 11) is 0. The molecule has 2 N–H and O–H groups in total. The minimum atomic E-state index is 0. The van der Waals surface area contributed by atoms with Gasteiger partial charge in [-0.05, 0) is 0 Å². The molecule has 0 heterocycles. The van der Waals surface area contributed by atoms with Gasteiger partial charge in [-0.3, -0.25) is 0 Å². The van der Waals surface area contributed by atoms with Crippen LogP contribution in [0.25, 0.3) is 0 Å². The summed E-state index contributed by atoms with van der Waals surface area (Å²) in [6.45, 7) is 28.5. The van der Waals surface area contributed by atoms with Gasteiger partial charge in [0.1, 0.15) is 0 Å². The van der Waals surface area contributed by atoms with Crippen LogP contribution in [0.1, 0.15) is 0 Å². The molecule has 0 atom stereocenters. The van der Waals surface area contributed by atoms with E-state index in [-0.39, 0.29) is 73.9 Å². The van der Waals surface area contributed by atoms with Crippen molar-refractivity contribution in [2.24, 2.45) is 0 Å². The van der Waals surface area contributed by atoms with Crippen LogP contribution in [0.5, 0.6) is 0 Å². The van der Waals surface area contributed by atoms with Gasteiger partial charge in [-0.2, -0.15) is 0 Å². The number of nitrogens with zero attached hydrogens (tertiary/aromatic N) is 6. The van der Waals surface area contributed by atoms with Crippen LogP contribution < -0.4 is 0 Å². The van der Waals surface area contributed by atoms with Gasteiger partial charge >= 0.3 is 17.1 Å². The van der Waals surface area contributed by atoms with Crippen molar-refractivity contribution in [1.29, 1.82) is 31.6 Å². The molecule has 0 fully saturated rings. The van der Waals surface area contributed by atoms with Crippen LogP contribution in [0.3, 0.4) is 0 Å². The van der Waals surface area contributed by atoms with Gasteiger partial charge in [-0.1, -0.05) is 0 Å². The number of hydrogen-bond acceptors (Lipinski definition) is 6. The van der Waals surface area contributed by atoms with Crippen LogP contribution in [-0.2, 0) is 17.1 Å². The Morgan fingerprint density at radius 3 is 0.400 bits per heavy atom. The monoisotopic (exact) mass is 269 g/mol. The Kier molecular flexibility index (Phi) is 13300. The average Bonchev–Trinajstić information content (AvgIpc) is 2.33. The first kappa shape index (κ1) is 93.7. The SMILES string of the molecule is O.[C-]#N.[C-]#N.[C-]#N.[C-]#N.[C-]#N.[C-]#N.[Fe+6].[K]. The molecule has 0 aliphatic rings. The maximum atomic E-state index is 6.25. The van der Waals surface area contributed by atoms with Gasteiger partial charge in [0.25, 0.3) is 0 Å². The van der Waals surface area contributed by atoms with Crippen LogP contribution in [0.4, 0.5) is 0 Å². The molecule has 0 aromatic rings. The first-order valence-electron chi connectivity index (χ1n) is 1.34. The van der Waals surface area contributed by atoms with Crippen LogP contribution >= 0.6 is 0 Å². The Morgan fingerprint density at radius 1 is 0.400 bits per heavy atom. The van der Waals surface area contributed by atoms with Crippen LogP contribution in [-0.4, -0.2) is 56.9 Å². The maximum absolute atomic E-state index is 6.25. The maximum Gasteiger partial charge on any atom is 6.00 e. The molecule has 0 aliphatic carbocycles. The van der Waals surface area contributed by atoms with Gasteiger partial charge < -0.3 is 76.5 Å². The molecule has 0 aromatic carbocycles. The summed E-state index contributed by atoms with van der Waals surface area (Å²) in [5.41, 5.74) is 0. The summed E-state index contributed by atoms with van der Waals surface area (Å²) < 4.78 is 0. The van der Waals surface area contributed by atoms with Crippen LogP contribution in [0.15, 0.2) is 0 Å². The molecule has 0 saturated carbocycles. The third-order valence-corrected chi connectivity index (χ3v) is 0. The molecule has 0 aliphatic heterocycles. The fourth-order valence-electron chi connectivity index (χ4n) is 0. The minimum absolute atomic E-state index is 0. The van der Waals surface area contributed by atoms with Crippen molar-refractivity contribution in [1.82, 2.24) is 0 Å². The Balaban J connectivity index is -0.00000000396. The van der Waals surface area contributed by atoms with E-state index in [1.807, 2.05) is 0 Å². The summed E-state index contributed by atoms with van der Waals surface area (Å²) in [4.78, 5) is 0. The first-order chi connectivity index (χ1) is 6.00. The number of hydrogen-bond donors (Lipinski definition) is 0. The molecule has 1 radical (unpaired) electrons. The zero-order valence-corrected chi connectivity index (χ0v) is 11.8. The molecule has 0 saturated heterocycles. The predicted octanol–water partition coefficient (Wildman–Crippen LogP) is -0.630. The third kappa shape index (κ3) is 1790. The van der Waals surface area contributed by atoms with E-state index in [1.54, 1.807) is 0 Å². The Labute approximate surface area is 143 Å². The van der Waals surface area contributed by atoms with Crippen molar-refractivity contribution in [3.63, 3.8) is 0 Å². The third-order valence-electron chi connectivity index (χ3n) is 0. The van der Waals surface area contributed by atoms with Gasteiger partial charge in [-0.15, -0.1) is 0 Å². The van der Waals surface area contributed by atoms with Crippen LogP contribution in [0, 0.1) is 71.0 Å². The molecule has 0 aromatic heterocycles. The van der Waals surface area contributed by atoms with Gasteiger partial charge in [0, 0.05) is 51.4 Å². The molecular weight excluding hydrogens is 267 g/mol. The molecule has 9 heteroatoms. The molecular formula is C6H2FeKN6O. The molecule has 15 heavy (non-hydrogen) atoms. The zero-order chi connectivity index (χ0) is 12.0. The molecule has 0 bridgehead atoms. The number of rotatable bonds is 0. The van der Waals surface area contributed by atoms with E-state index in [2.05, 4.69) is 0 Å². The topological polar surface area (TPSA) is 174 Å². The summed E-state index contributed by atoms with van der Waals surface area (Å²) in [5.74, 6) is 0. The van der Waals surface area contributed by atoms with Crippen molar-refractivity contribution in [2.75, 3.05) is 0 Å². The fourth-order valence-corrected chi connectivity index (χ4v) is 0. The quantitative estimate of drug-likeness (QED) is 0.417. The van der Waals surface area contributed by atoms with Gasteiger partial charge in [0.05, 0.1) is 0 Å². The van der Waals surface area contributed by atoms with E-state index < -0.39 is 0 Å².